The van der Waals surface area contributed by atoms with Crippen molar-refractivity contribution in [2.75, 3.05) is 26.0 Å². The lowest BCUT2D eigenvalue weighted by Gasteiger charge is -2.17. The molecule has 5 nitrogen and oxygen atoms in total. The lowest BCUT2D eigenvalue weighted by molar-refractivity contribution is 0.314. The second kappa shape index (κ2) is 5.32. The van der Waals surface area contributed by atoms with Crippen LogP contribution in [-0.2, 0) is 16.4 Å². The Balaban J connectivity index is 1.73. The third-order valence-electron chi connectivity index (χ3n) is 4.48. The fourth-order valence-electron chi connectivity index (χ4n) is 3.41. The minimum atomic E-state index is -2.89. The molecule has 0 radical (unpaired) electrons. The number of nitriles is 1. The van der Waals surface area contributed by atoms with Crippen LogP contribution in [0.4, 0.5) is 0 Å². The SMILES string of the molecule is COc1ccc(CN2C[C@@H]3CCS(=O)(=O)[C@@H]3C2)cc1C#N. The van der Waals surface area contributed by atoms with Crippen LogP contribution in [0.2, 0.25) is 0 Å². The topological polar surface area (TPSA) is 70.4 Å². The third kappa shape index (κ3) is 2.63. The molecule has 0 N–H and O–H groups in total. The standard InChI is InChI=1S/C15H18N2O3S/c1-20-14-3-2-11(6-13(14)7-16)8-17-9-12-4-5-21(18,19)15(12)10-17/h2-3,6,12,15H,4-5,8-10H2,1H3/t12-,15+/m0/s1. The van der Waals surface area contributed by atoms with E-state index in [1.165, 1.54) is 0 Å². The third-order valence-corrected chi connectivity index (χ3v) is 6.74. The van der Waals surface area contributed by atoms with Gasteiger partial charge < -0.3 is 4.74 Å². The van der Waals surface area contributed by atoms with Crippen LogP contribution in [0.3, 0.4) is 0 Å². The van der Waals surface area contributed by atoms with Crippen LogP contribution in [0.15, 0.2) is 18.2 Å². The van der Waals surface area contributed by atoms with Crippen molar-refractivity contribution in [3.8, 4) is 11.8 Å². The highest BCUT2D eigenvalue weighted by Gasteiger charge is 2.45. The van der Waals surface area contributed by atoms with Gasteiger partial charge in [0.15, 0.2) is 9.84 Å². The zero-order valence-electron chi connectivity index (χ0n) is 11.9. The summed E-state index contributed by atoms with van der Waals surface area (Å²) >= 11 is 0. The Bertz CT molecular complexity index is 693. The average molecular weight is 306 g/mol. The van der Waals surface area contributed by atoms with Gasteiger partial charge in [-0.05, 0) is 30.0 Å². The number of benzene rings is 1. The molecule has 2 fully saturated rings. The van der Waals surface area contributed by atoms with E-state index in [9.17, 15) is 8.42 Å². The molecular formula is C15H18N2O3S. The van der Waals surface area contributed by atoms with Crippen LogP contribution in [0.5, 0.6) is 5.75 Å². The summed E-state index contributed by atoms with van der Waals surface area (Å²) in [5.74, 6) is 1.20. The Labute approximate surface area is 125 Å². The van der Waals surface area contributed by atoms with Crippen molar-refractivity contribution in [2.24, 2.45) is 5.92 Å². The fourth-order valence-corrected chi connectivity index (χ4v) is 5.59. The highest BCUT2D eigenvalue weighted by Crippen LogP contribution is 2.34. The second-order valence-electron chi connectivity index (χ2n) is 5.79. The molecule has 0 aliphatic carbocycles. The van der Waals surface area contributed by atoms with Gasteiger partial charge in [0.25, 0.3) is 0 Å². The molecule has 1 aromatic carbocycles. The fraction of sp³-hybridized carbons (Fsp3) is 0.533. The number of fused-ring (bicyclic) bond motifs is 1. The summed E-state index contributed by atoms with van der Waals surface area (Å²) in [6, 6.07) is 7.67. The Morgan fingerprint density at radius 3 is 2.90 bits per heavy atom. The smallest absolute Gasteiger partial charge is 0.154 e. The molecule has 0 bridgehead atoms. The molecule has 21 heavy (non-hydrogen) atoms. The van der Waals surface area contributed by atoms with Crippen molar-refractivity contribution < 1.29 is 13.2 Å². The minimum absolute atomic E-state index is 0.189. The predicted molar refractivity (Wildman–Crippen MR) is 78.7 cm³/mol. The first kappa shape index (κ1) is 14.4. The summed E-state index contributed by atoms with van der Waals surface area (Å²) in [5.41, 5.74) is 1.53. The monoisotopic (exact) mass is 306 g/mol. The highest BCUT2D eigenvalue weighted by atomic mass is 32.2. The van der Waals surface area contributed by atoms with Crippen molar-refractivity contribution in [1.82, 2.24) is 4.90 Å². The number of methoxy groups -OCH3 is 1. The number of ether oxygens (including phenoxy) is 1. The molecule has 0 saturated carbocycles. The zero-order chi connectivity index (χ0) is 15.0. The van der Waals surface area contributed by atoms with E-state index in [0.29, 0.717) is 30.2 Å². The predicted octanol–water partition coefficient (Wildman–Crippen LogP) is 1.19. The van der Waals surface area contributed by atoms with Crippen LogP contribution in [0, 0.1) is 17.2 Å². The van der Waals surface area contributed by atoms with Gasteiger partial charge in [0.1, 0.15) is 11.8 Å². The summed E-state index contributed by atoms with van der Waals surface area (Å²) < 4.78 is 29.0. The van der Waals surface area contributed by atoms with E-state index in [1.54, 1.807) is 13.2 Å². The van der Waals surface area contributed by atoms with Gasteiger partial charge in [0.05, 0.1) is 23.7 Å². The largest absolute Gasteiger partial charge is 0.495 e. The molecule has 0 amide bonds. The molecular weight excluding hydrogens is 288 g/mol. The highest BCUT2D eigenvalue weighted by molar-refractivity contribution is 7.92. The molecule has 2 aliphatic heterocycles. The van der Waals surface area contributed by atoms with E-state index < -0.39 is 9.84 Å². The van der Waals surface area contributed by atoms with Crippen LogP contribution < -0.4 is 4.74 Å². The van der Waals surface area contributed by atoms with Crippen LogP contribution in [0.1, 0.15) is 17.5 Å². The number of sulfone groups is 1. The number of likely N-dealkylation sites (tertiary alicyclic amines) is 1. The Morgan fingerprint density at radius 1 is 1.43 bits per heavy atom. The molecule has 2 aliphatic rings. The molecule has 2 atom stereocenters. The minimum Gasteiger partial charge on any atom is -0.495 e. The van der Waals surface area contributed by atoms with E-state index in [-0.39, 0.29) is 11.2 Å². The van der Waals surface area contributed by atoms with Crippen LogP contribution in [0.25, 0.3) is 0 Å². The van der Waals surface area contributed by atoms with Crippen molar-refractivity contribution >= 4 is 9.84 Å². The zero-order valence-corrected chi connectivity index (χ0v) is 12.8. The Kier molecular flexibility index (Phi) is 3.64. The quantitative estimate of drug-likeness (QED) is 0.839. The van der Waals surface area contributed by atoms with Gasteiger partial charge in [-0.1, -0.05) is 6.07 Å². The molecule has 0 spiro atoms. The average Bonchev–Trinajstić information content (AvgIpc) is 2.99. The lowest BCUT2D eigenvalue weighted by Crippen LogP contribution is -2.26. The lowest BCUT2D eigenvalue weighted by atomic mass is 10.1. The van der Waals surface area contributed by atoms with Crippen molar-refractivity contribution in [3.05, 3.63) is 29.3 Å². The van der Waals surface area contributed by atoms with E-state index >= 15 is 0 Å². The molecule has 3 rings (SSSR count). The first-order valence-corrected chi connectivity index (χ1v) is 8.76. The summed E-state index contributed by atoms with van der Waals surface area (Å²) in [4.78, 5) is 2.18. The van der Waals surface area contributed by atoms with Gasteiger partial charge in [-0.25, -0.2) is 8.42 Å². The van der Waals surface area contributed by atoms with Gasteiger partial charge in [-0.2, -0.15) is 5.26 Å². The molecule has 6 heteroatoms. The van der Waals surface area contributed by atoms with E-state index in [2.05, 4.69) is 11.0 Å². The number of rotatable bonds is 3. The number of hydrogen-bond donors (Lipinski definition) is 0. The van der Waals surface area contributed by atoms with Crippen molar-refractivity contribution in [1.29, 1.82) is 5.26 Å². The maximum Gasteiger partial charge on any atom is 0.154 e. The van der Waals surface area contributed by atoms with Gasteiger partial charge >= 0.3 is 0 Å². The second-order valence-corrected chi connectivity index (χ2v) is 8.13. The first-order valence-electron chi connectivity index (χ1n) is 7.04. The summed E-state index contributed by atoms with van der Waals surface area (Å²) in [6.07, 6.45) is 0.787. The summed E-state index contributed by atoms with van der Waals surface area (Å²) in [5, 5.41) is 8.92. The Hall–Kier alpha value is -1.58. The summed E-state index contributed by atoms with van der Waals surface area (Å²) in [7, 11) is -1.34. The van der Waals surface area contributed by atoms with Crippen molar-refractivity contribution in [2.45, 2.75) is 18.2 Å². The van der Waals surface area contributed by atoms with Crippen LogP contribution in [-0.4, -0.2) is 44.5 Å². The number of nitrogens with zero attached hydrogens (tertiary/aromatic N) is 2. The maximum atomic E-state index is 11.9. The van der Waals surface area contributed by atoms with Crippen molar-refractivity contribution in [3.63, 3.8) is 0 Å². The molecule has 0 unspecified atom stereocenters. The van der Waals surface area contributed by atoms with Gasteiger partial charge in [-0.15, -0.1) is 0 Å². The maximum absolute atomic E-state index is 11.9. The van der Waals surface area contributed by atoms with Gasteiger partial charge in [0, 0.05) is 19.6 Å². The molecule has 2 saturated heterocycles. The number of hydrogen-bond acceptors (Lipinski definition) is 5. The first-order chi connectivity index (χ1) is 10.0. The van der Waals surface area contributed by atoms with E-state index in [4.69, 9.17) is 10.00 Å². The van der Waals surface area contributed by atoms with Crippen LogP contribution >= 0.6 is 0 Å². The van der Waals surface area contributed by atoms with E-state index in [0.717, 1.165) is 18.5 Å². The molecule has 1 aromatic rings. The molecule has 112 valence electrons. The summed E-state index contributed by atoms with van der Waals surface area (Å²) in [6.45, 7) is 2.12. The molecule has 2 heterocycles. The Morgan fingerprint density at radius 2 is 2.24 bits per heavy atom. The van der Waals surface area contributed by atoms with E-state index in [1.807, 2.05) is 12.1 Å². The normalized spacial score (nSPS) is 27.2. The van der Waals surface area contributed by atoms with Gasteiger partial charge in [-0.3, -0.25) is 4.90 Å². The van der Waals surface area contributed by atoms with Gasteiger partial charge in [0.2, 0.25) is 0 Å². The molecule has 0 aromatic heterocycles.